The van der Waals surface area contributed by atoms with Gasteiger partial charge in [-0.2, -0.15) is 0 Å². The first kappa shape index (κ1) is 18.8. The van der Waals surface area contributed by atoms with Crippen molar-refractivity contribution in [2.45, 2.75) is 13.5 Å². The number of imide groups is 1. The fraction of sp³-hybridized carbons (Fsp3) is 0.200. The molecule has 2 aromatic rings. The van der Waals surface area contributed by atoms with Gasteiger partial charge in [0, 0.05) is 0 Å². The summed E-state index contributed by atoms with van der Waals surface area (Å²) in [5.74, 6) is 0.498. The fourth-order valence-corrected chi connectivity index (χ4v) is 3.03. The van der Waals surface area contributed by atoms with Crippen LogP contribution in [0.4, 0.5) is 4.79 Å². The summed E-state index contributed by atoms with van der Waals surface area (Å²) in [5.41, 5.74) is 1.66. The molecule has 1 N–H and O–H groups in total. The van der Waals surface area contributed by atoms with Gasteiger partial charge < -0.3 is 14.8 Å². The summed E-state index contributed by atoms with van der Waals surface area (Å²) >= 11 is 6.26. The van der Waals surface area contributed by atoms with E-state index in [2.05, 4.69) is 5.32 Å². The predicted molar refractivity (Wildman–Crippen MR) is 103 cm³/mol. The second-order valence-corrected chi connectivity index (χ2v) is 6.24. The van der Waals surface area contributed by atoms with Crippen molar-refractivity contribution in [2.75, 3.05) is 13.7 Å². The highest BCUT2D eigenvalue weighted by Gasteiger charge is 2.33. The fourth-order valence-electron chi connectivity index (χ4n) is 2.76. The van der Waals surface area contributed by atoms with Gasteiger partial charge in [0.15, 0.2) is 11.5 Å². The van der Waals surface area contributed by atoms with Crippen LogP contribution >= 0.6 is 11.6 Å². The Labute approximate surface area is 162 Å². The van der Waals surface area contributed by atoms with Crippen LogP contribution in [0.1, 0.15) is 18.1 Å². The van der Waals surface area contributed by atoms with E-state index in [1.165, 1.54) is 7.11 Å². The number of hydrogen-bond donors (Lipinski definition) is 1. The van der Waals surface area contributed by atoms with E-state index in [1.54, 1.807) is 18.2 Å². The van der Waals surface area contributed by atoms with Gasteiger partial charge in [-0.1, -0.05) is 41.9 Å². The predicted octanol–water partition coefficient (Wildman–Crippen LogP) is 3.84. The molecule has 0 radical (unpaired) electrons. The van der Waals surface area contributed by atoms with Crippen LogP contribution in [0, 0.1) is 0 Å². The molecular formula is C20H19ClN2O4. The van der Waals surface area contributed by atoms with Crippen molar-refractivity contribution >= 4 is 29.6 Å². The molecule has 1 saturated heterocycles. The van der Waals surface area contributed by atoms with Gasteiger partial charge in [0.2, 0.25) is 0 Å². The van der Waals surface area contributed by atoms with Crippen molar-refractivity contribution < 1.29 is 19.1 Å². The Morgan fingerprint density at radius 3 is 2.59 bits per heavy atom. The van der Waals surface area contributed by atoms with Gasteiger partial charge in [0.1, 0.15) is 5.70 Å². The molecule has 140 valence electrons. The van der Waals surface area contributed by atoms with Gasteiger partial charge in [-0.05, 0) is 36.3 Å². The van der Waals surface area contributed by atoms with Crippen LogP contribution in [-0.2, 0) is 11.3 Å². The number of halogens is 1. The molecule has 0 spiro atoms. The molecule has 27 heavy (non-hydrogen) atoms. The Morgan fingerprint density at radius 1 is 1.19 bits per heavy atom. The Balaban J connectivity index is 1.86. The maximum absolute atomic E-state index is 12.6. The average Bonchev–Trinajstić information content (AvgIpc) is 2.92. The molecule has 1 heterocycles. The van der Waals surface area contributed by atoms with Crippen LogP contribution in [-0.4, -0.2) is 30.6 Å². The maximum atomic E-state index is 12.6. The quantitative estimate of drug-likeness (QED) is 0.605. The van der Waals surface area contributed by atoms with E-state index in [0.29, 0.717) is 28.7 Å². The van der Waals surface area contributed by atoms with Crippen LogP contribution in [0.15, 0.2) is 48.2 Å². The lowest BCUT2D eigenvalue weighted by atomic mass is 10.1. The van der Waals surface area contributed by atoms with Crippen LogP contribution in [0.3, 0.4) is 0 Å². The Morgan fingerprint density at radius 2 is 1.93 bits per heavy atom. The molecular weight excluding hydrogens is 368 g/mol. The SMILES string of the molecule is CCOc1c(Cl)cc(/C=C2/NC(=O)N(Cc3ccccc3)C2=O)cc1OC. The highest BCUT2D eigenvalue weighted by Crippen LogP contribution is 2.37. The molecule has 6 nitrogen and oxygen atoms in total. The molecule has 0 atom stereocenters. The molecule has 0 bridgehead atoms. The highest BCUT2D eigenvalue weighted by molar-refractivity contribution is 6.32. The van der Waals surface area contributed by atoms with Crippen LogP contribution in [0.25, 0.3) is 6.08 Å². The van der Waals surface area contributed by atoms with Crippen molar-refractivity contribution in [2.24, 2.45) is 0 Å². The van der Waals surface area contributed by atoms with Crippen molar-refractivity contribution in [3.05, 3.63) is 64.3 Å². The van der Waals surface area contributed by atoms with Crippen LogP contribution < -0.4 is 14.8 Å². The zero-order valence-corrected chi connectivity index (χ0v) is 15.7. The Bertz CT molecular complexity index is 896. The third kappa shape index (κ3) is 4.06. The lowest BCUT2D eigenvalue weighted by Gasteiger charge is -2.12. The molecule has 3 amide bonds. The zero-order valence-electron chi connectivity index (χ0n) is 15.0. The van der Waals surface area contributed by atoms with E-state index in [4.69, 9.17) is 21.1 Å². The van der Waals surface area contributed by atoms with Crippen molar-refractivity contribution in [3.8, 4) is 11.5 Å². The molecule has 7 heteroatoms. The molecule has 0 aliphatic carbocycles. The minimum absolute atomic E-state index is 0.179. The first-order valence-electron chi connectivity index (χ1n) is 8.42. The van der Waals surface area contributed by atoms with E-state index in [-0.39, 0.29) is 12.2 Å². The first-order valence-corrected chi connectivity index (χ1v) is 8.80. The van der Waals surface area contributed by atoms with Gasteiger partial charge in [-0.15, -0.1) is 0 Å². The normalized spacial score (nSPS) is 15.2. The summed E-state index contributed by atoms with van der Waals surface area (Å²) in [6.45, 7) is 2.50. The van der Waals surface area contributed by atoms with E-state index in [9.17, 15) is 9.59 Å². The third-order valence-corrected chi connectivity index (χ3v) is 4.28. The number of rotatable bonds is 6. The lowest BCUT2D eigenvalue weighted by Crippen LogP contribution is -2.30. The van der Waals surface area contributed by atoms with Gasteiger partial charge in [-0.25, -0.2) is 4.79 Å². The van der Waals surface area contributed by atoms with Gasteiger partial charge in [-0.3, -0.25) is 9.69 Å². The molecule has 0 aromatic heterocycles. The summed E-state index contributed by atoms with van der Waals surface area (Å²) in [5, 5.41) is 2.96. The largest absolute Gasteiger partial charge is 0.493 e. The summed E-state index contributed by atoms with van der Waals surface area (Å²) < 4.78 is 10.8. The Kier molecular flexibility index (Phi) is 5.66. The topological polar surface area (TPSA) is 67.9 Å². The highest BCUT2D eigenvalue weighted by atomic mass is 35.5. The molecule has 2 aromatic carbocycles. The molecule has 1 aliphatic rings. The van der Waals surface area contributed by atoms with Gasteiger partial charge in [0.25, 0.3) is 5.91 Å². The third-order valence-electron chi connectivity index (χ3n) is 4.00. The first-order chi connectivity index (χ1) is 13.0. The number of nitrogens with one attached hydrogen (secondary N) is 1. The summed E-state index contributed by atoms with van der Waals surface area (Å²) in [6, 6.07) is 12.2. The second kappa shape index (κ2) is 8.14. The number of benzene rings is 2. The summed E-state index contributed by atoms with van der Waals surface area (Å²) in [6.07, 6.45) is 1.56. The van der Waals surface area contributed by atoms with Gasteiger partial charge >= 0.3 is 6.03 Å². The number of amides is 3. The number of methoxy groups -OCH3 is 1. The molecule has 3 rings (SSSR count). The summed E-state index contributed by atoms with van der Waals surface area (Å²) in [4.78, 5) is 26.0. The molecule has 1 fully saturated rings. The molecule has 0 unspecified atom stereocenters. The van der Waals surface area contributed by atoms with E-state index >= 15 is 0 Å². The number of hydrogen-bond acceptors (Lipinski definition) is 4. The van der Waals surface area contributed by atoms with Crippen molar-refractivity contribution in [1.29, 1.82) is 0 Å². The zero-order chi connectivity index (χ0) is 19.4. The van der Waals surface area contributed by atoms with E-state index < -0.39 is 11.9 Å². The minimum atomic E-state index is -0.459. The maximum Gasteiger partial charge on any atom is 0.329 e. The lowest BCUT2D eigenvalue weighted by molar-refractivity contribution is -0.123. The standard InChI is InChI=1S/C20H19ClN2O4/c1-3-27-18-15(21)9-14(11-17(18)26-2)10-16-19(24)23(20(25)22-16)12-13-7-5-4-6-8-13/h4-11H,3,12H2,1-2H3,(H,22,25)/b16-10+. The van der Waals surface area contributed by atoms with Crippen molar-refractivity contribution in [1.82, 2.24) is 10.2 Å². The van der Waals surface area contributed by atoms with Crippen LogP contribution in [0.5, 0.6) is 11.5 Å². The van der Waals surface area contributed by atoms with Crippen molar-refractivity contribution in [3.63, 3.8) is 0 Å². The molecule has 0 saturated carbocycles. The van der Waals surface area contributed by atoms with Gasteiger partial charge in [0.05, 0.1) is 25.3 Å². The van der Waals surface area contributed by atoms with E-state index in [1.807, 2.05) is 37.3 Å². The number of nitrogens with zero attached hydrogens (tertiary/aromatic N) is 1. The Hall–Kier alpha value is -2.99. The number of urea groups is 1. The molecule has 1 aliphatic heterocycles. The minimum Gasteiger partial charge on any atom is -0.493 e. The van der Waals surface area contributed by atoms with E-state index in [0.717, 1.165) is 10.5 Å². The number of carbonyl (C=O) groups is 2. The smallest absolute Gasteiger partial charge is 0.329 e. The monoisotopic (exact) mass is 386 g/mol. The second-order valence-electron chi connectivity index (χ2n) is 5.83. The average molecular weight is 387 g/mol. The number of carbonyl (C=O) groups excluding carboxylic acids is 2. The number of ether oxygens (including phenoxy) is 2. The summed E-state index contributed by atoms with van der Waals surface area (Å²) in [7, 11) is 1.51. The van der Waals surface area contributed by atoms with Crippen LogP contribution in [0.2, 0.25) is 5.02 Å².